The van der Waals surface area contributed by atoms with E-state index in [1.165, 1.54) is 19.3 Å². The Morgan fingerprint density at radius 1 is 1.19 bits per heavy atom. The van der Waals surface area contributed by atoms with Crippen LogP contribution in [0.5, 0.6) is 11.5 Å². The SMILES string of the molecule is O=C(/C=C/c1ccc2c(c1)OCO2)N[C@H]1C[C@H]2CC[C@H]1C2. The van der Waals surface area contributed by atoms with Gasteiger partial charge in [0, 0.05) is 12.1 Å². The highest BCUT2D eigenvalue weighted by Crippen LogP contribution is 2.44. The van der Waals surface area contributed by atoms with E-state index in [-0.39, 0.29) is 12.7 Å². The van der Waals surface area contributed by atoms with Gasteiger partial charge in [-0.3, -0.25) is 4.79 Å². The lowest BCUT2D eigenvalue weighted by Crippen LogP contribution is -2.37. The highest BCUT2D eigenvalue weighted by Gasteiger charge is 2.39. The van der Waals surface area contributed by atoms with Gasteiger partial charge in [0.15, 0.2) is 11.5 Å². The van der Waals surface area contributed by atoms with Crippen molar-refractivity contribution < 1.29 is 14.3 Å². The van der Waals surface area contributed by atoms with Crippen LogP contribution in [0.3, 0.4) is 0 Å². The lowest BCUT2D eigenvalue weighted by molar-refractivity contribution is -0.117. The van der Waals surface area contributed by atoms with Gasteiger partial charge >= 0.3 is 0 Å². The summed E-state index contributed by atoms with van der Waals surface area (Å²) in [5, 5.41) is 3.15. The number of nitrogens with one attached hydrogen (secondary N) is 1. The van der Waals surface area contributed by atoms with E-state index < -0.39 is 0 Å². The minimum absolute atomic E-state index is 0.00483. The summed E-state index contributed by atoms with van der Waals surface area (Å²) in [6.07, 6.45) is 8.53. The highest BCUT2D eigenvalue weighted by molar-refractivity contribution is 5.92. The van der Waals surface area contributed by atoms with Gasteiger partial charge in [0.05, 0.1) is 0 Å². The van der Waals surface area contributed by atoms with Gasteiger partial charge in [0.2, 0.25) is 12.7 Å². The monoisotopic (exact) mass is 285 g/mol. The van der Waals surface area contributed by atoms with Crippen LogP contribution in [0.1, 0.15) is 31.2 Å². The van der Waals surface area contributed by atoms with Crippen molar-refractivity contribution in [3.05, 3.63) is 29.8 Å². The Labute approximate surface area is 124 Å². The summed E-state index contributed by atoms with van der Waals surface area (Å²) in [5.41, 5.74) is 0.947. The van der Waals surface area contributed by atoms with E-state index in [2.05, 4.69) is 5.32 Å². The predicted molar refractivity (Wildman–Crippen MR) is 79.0 cm³/mol. The highest BCUT2D eigenvalue weighted by atomic mass is 16.7. The minimum atomic E-state index is 0.00483. The third-order valence-corrected chi connectivity index (χ3v) is 4.89. The molecule has 4 nitrogen and oxygen atoms in total. The molecule has 3 atom stereocenters. The van der Waals surface area contributed by atoms with E-state index in [0.717, 1.165) is 29.4 Å². The fourth-order valence-corrected chi connectivity index (χ4v) is 3.84. The maximum atomic E-state index is 12.0. The largest absolute Gasteiger partial charge is 0.454 e. The van der Waals surface area contributed by atoms with Crippen molar-refractivity contribution in [1.82, 2.24) is 5.32 Å². The van der Waals surface area contributed by atoms with E-state index in [4.69, 9.17) is 9.47 Å². The fraction of sp³-hybridized carbons (Fsp3) is 0.471. The van der Waals surface area contributed by atoms with Crippen molar-refractivity contribution in [2.75, 3.05) is 6.79 Å². The smallest absolute Gasteiger partial charge is 0.244 e. The van der Waals surface area contributed by atoms with Gasteiger partial charge in [-0.1, -0.05) is 12.5 Å². The maximum Gasteiger partial charge on any atom is 0.244 e. The van der Waals surface area contributed by atoms with Gasteiger partial charge in [-0.2, -0.15) is 0 Å². The first-order valence-corrected chi connectivity index (χ1v) is 7.66. The zero-order chi connectivity index (χ0) is 14.2. The van der Waals surface area contributed by atoms with Crippen LogP contribution in [-0.2, 0) is 4.79 Å². The number of rotatable bonds is 3. The van der Waals surface area contributed by atoms with Crippen LogP contribution in [-0.4, -0.2) is 18.7 Å². The molecule has 1 aliphatic heterocycles. The van der Waals surface area contributed by atoms with E-state index in [0.29, 0.717) is 12.0 Å². The topological polar surface area (TPSA) is 47.6 Å². The summed E-state index contributed by atoms with van der Waals surface area (Å²) in [6, 6.07) is 6.08. The Morgan fingerprint density at radius 2 is 2.10 bits per heavy atom. The molecule has 1 aromatic carbocycles. The Kier molecular flexibility index (Phi) is 3.09. The van der Waals surface area contributed by atoms with Gasteiger partial charge in [0.25, 0.3) is 0 Å². The van der Waals surface area contributed by atoms with E-state index in [1.54, 1.807) is 6.08 Å². The van der Waals surface area contributed by atoms with Crippen LogP contribution in [0.15, 0.2) is 24.3 Å². The van der Waals surface area contributed by atoms with Crippen LogP contribution in [0.2, 0.25) is 0 Å². The van der Waals surface area contributed by atoms with Gasteiger partial charge in [-0.15, -0.1) is 0 Å². The number of amides is 1. The third kappa shape index (κ3) is 2.50. The standard InChI is InChI=1S/C17H19NO3/c19-17(18-14-8-12-1-4-13(14)7-12)6-3-11-2-5-15-16(9-11)21-10-20-15/h2-3,5-6,9,12-14H,1,4,7-8,10H2,(H,18,19)/b6-3+/t12-,13-,14-/m0/s1. The molecule has 0 saturated heterocycles. The molecule has 2 saturated carbocycles. The number of carbonyl (C=O) groups is 1. The molecule has 1 amide bonds. The molecule has 2 bridgehead atoms. The number of hydrogen-bond acceptors (Lipinski definition) is 3. The third-order valence-electron chi connectivity index (χ3n) is 4.89. The zero-order valence-electron chi connectivity index (χ0n) is 11.9. The summed E-state index contributed by atoms with van der Waals surface area (Å²) in [6.45, 7) is 0.271. The van der Waals surface area contributed by atoms with Crippen molar-refractivity contribution in [3.63, 3.8) is 0 Å². The average Bonchev–Trinajstić information content (AvgIpc) is 3.20. The number of fused-ring (bicyclic) bond motifs is 3. The van der Waals surface area contributed by atoms with Crippen molar-refractivity contribution in [2.45, 2.75) is 31.7 Å². The first kappa shape index (κ1) is 12.7. The minimum Gasteiger partial charge on any atom is -0.454 e. The lowest BCUT2D eigenvalue weighted by atomic mass is 9.95. The second-order valence-corrected chi connectivity index (χ2v) is 6.24. The number of carbonyl (C=O) groups excluding carboxylic acids is 1. The summed E-state index contributed by atoms with van der Waals surface area (Å²) >= 11 is 0. The maximum absolute atomic E-state index is 12.0. The van der Waals surface area contributed by atoms with Crippen LogP contribution < -0.4 is 14.8 Å². The molecule has 2 fully saturated rings. The van der Waals surface area contributed by atoms with Crippen LogP contribution >= 0.6 is 0 Å². The van der Waals surface area contributed by atoms with Crippen molar-refractivity contribution in [3.8, 4) is 11.5 Å². The normalized spacial score (nSPS) is 29.2. The van der Waals surface area contributed by atoms with Crippen molar-refractivity contribution in [2.24, 2.45) is 11.8 Å². The average molecular weight is 285 g/mol. The van der Waals surface area contributed by atoms with Crippen molar-refractivity contribution in [1.29, 1.82) is 0 Å². The molecule has 0 aromatic heterocycles. The second kappa shape index (κ2) is 5.10. The summed E-state index contributed by atoms with van der Waals surface area (Å²) in [4.78, 5) is 12.0. The first-order valence-electron chi connectivity index (χ1n) is 7.66. The van der Waals surface area contributed by atoms with E-state index in [9.17, 15) is 4.79 Å². The molecule has 1 N–H and O–H groups in total. The number of ether oxygens (including phenoxy) is 2. The quantitative estimate of drug-likeness (QED) is 0.869. The summed E-state index contributed by atoms with van der Waals surface area (Å²) in [5.74, 6) is 3.06. The molecule has 110 valence electrons. The van der Waals surface area contributed by atoms with Gasteiger partial charge < -0.3 is 14.8 Å². The Bertz CT molecular complexity index is 596. The molecular formula is C17H19NO3. The predicted octanol–water partition coefficient (Wildman–Crippen LogP) is 2.73. The number of benzene rings is 1. The summed E-state index contributed by atoms with van der Waals surface area (Å²) in [7, 11) is 0. The fourth-order valence-electron chi connectivity index (χ4n) is 3.84. The molecule has 2 aliphatic carbocycles. The Hall–Kier alpha value is -1.97. The van der Waals surface area contributed by atoms with Crippen LogP contribution in [0, 0.1) is 11.8 Å². The molecular weight excluding hydrogens is 266 g/mol. The zero-order valence-corrected chi connectivity index (χ0v) is 11.9. The molecule has 21 heavy (non-hydrogen) atoms. The molecule has 3 aliphatic rings. The van der Waals surface area contributed by atoms with Crippen molar-refractivity contribution >= 4 is 12.0 Å². The van der Waals surface area contributed by atoms with E-state index >= 15 is 0 Å². The van der Waals surface area contributed by atoms with Gasteiger partial charge in [0.1, 0.15) is 0 Å². The molecule has 1 aromatic rings. The molecule has 1 heterocycles. The second-order valence-electron chi connectivity index (χ2n) is 6.24. The van der Waals surface area contributed by atoms with Gasteiger partial charge in [-0.25, -0.2) is 0 Å². The Morgan fingerprint density at radius 3 is 2.90 bits per heavy atom. The van der Waals surface area contributed by atoms with Gasteiger partial charge in [-0.05, 0) is 54.9 Å². The van der Waals surface area contributed by atoms with E-state index in [1.807, 2.05) is 24.3 Å². The van der Waals surface area contributed by atoms with Crippen LogP contribution in [0.4, 0.5) is 0 Å². The molecule has 4 rings (SSSR count). The number of hydrogen-bond donors (Lipinski definition) is 1. The van der Waals surface area contributed by atoms with Crippen LogP contribution in [0.25, 0.3) is 6.08 Å². The molecule has 4 heteroatoms. The Balaban J connectivity index is 1.37. The molecule has 0 radical (unpaired) electrons. The molecule has 0 spiro atoms. The summed E-state index contributed by atoms with van der Waals surface area (Å²) < 4.78 is 10.6. The lowest BCUT2D eigenvalue weighted by Gasteiger charge is -2.22. The first-order chi connectivity index (χ1) is 10.3. The molecule has 0 unspecified atom stereocenters.